The van der Waals surface area contributed by atoms with Gasteiger partial charge >= 0.3 is 0 Å². The normalized spacial score (nSPS) is 13.8. The fourth-order valence-corrected chi connectivity index (χ4v) is 4.75. The summed E-state index contributed by atoms with van der Waals surface area (Å²) >= 11 is 1.65. The molecule has 4 nitrogen and oxygen atoms in total. The highest BCUT2D eigenvalue weighted by atomic mass is 32.1. The highest BCUT2D eigenvalue weighted by Gasteiger charge is 2.21. The summed E-state index contributed by atoms with van der Waals surface area (Å²) in [7, 11) is 0. The maximum absolute atomic E-state index is 13.3. The molecule has 25 heavy (non-hydrogen) atoms. The first-order valence-corrected chi connectivity index (χ1v) is 9.52. The smallest absolute Gasteiger partial charge is 0.263 e. The molecule has 0 amide bonds. The van der Waals surface area contributed by atoms with Gasteiger partial charge in [-0.15, -0.1) is 11.3 Å². The average molecular weight is 357 g/mol. The summed E-state index contributed by atoms with van der Waals surface area (Å²) in [6.07, 6.45) is 4.36. The van der Waals surface area contributed by atoms with Crippen molar-refractivity contribution in [2.75, 3.05) is 5.32 Å². The molecule has 1 N–H and O–H groups in total. The van der Waals surface area contributed by atoms with Crippen LogP contribution in [0.1, 0.15) is 35.8 Å². The summed E-state index contributed by atoms with van der Waals surface area (Å²) in [5, 5.41) is 4.02. The molecule has 0 unspecified atom stereocenters. The third-order valence-corrected chi connectivity index (χ3v) is 5.92. The van der Waals surface area contributed by atoms with Crippen LogP contribution >= 0.6 is 11.3 Å². The Balaban J connectivity index is 1.74. The summed E-state index contributed by atoms with van der Waals surface area (Å²) in [6.45, 7) is 2.93. The van der Waals surface area contributed by atoms with E-state index in [0.29, 0.717) is 19.0 Å². The standard InChI is InChI=1S/C19H20FN3OS/c1-2-23-18(24)16-14-8-3-4-9-15(14)25-17(16)22-19(23)21-11-12-6-5-7-13(20)10-12/h5-7,10H,2-4,8-9,11H2,1H3,(H,21,22). The van der Waals surface area contributed by atoms with Crippen LogP contribution in [-0.2, 0) is 25.9 Å². The van der Waals surface area contributed by atoms with Gasteiger partial charge in [-0.25, -0.2) is 9.37 Å². The summed E-state index contributed by atoms with van der Waals surface area (Å²) in [5.74, 6) is 0.296. The molecule has 2 heterocycles. The molecular formula is C19H20FN3OS. The number of fused-ring (bicyclic) bond motifs is 3. The predicted octanol–water partition coefficient (Wildman–Crippen LogP) is 4.11. The first kappa shape index (κ1) is 16.3. The number of aromatic nitrogens is 2. The van der Waals surface area contributed by atoms with Crippen molar-refractivity contribution in [2.45, 2.75) is 45.7 Å². The van der Waals surface area contributed by atoms with E-state index in [1.165, 1.54) is 29.0 Å². The van der Waals surface area contributed by atoms with Gasteiger partial charge in [-0.2, -0.15) is 0 Å². The van der Waals surface area contributed by atoms with Gasteiger partial charge in [-0.3, -0.25) is 9.36 Å². The van der Waals surface area contributed by atoms with Crippen LogP contribution in [0.3, 0.4) is 0 Å². The number of nitrogens with zero attached hydrogens (tertiary/aromatic N) is 2. The van der Waals surface area contributed by atoms with E-state index in [1.807, 2.05) is 13.0 Å². The van der Waals surface area contributed by atoms with Gasteiger partial charge in [0.25, 0.3) is 5.56 Å². The lowest BCUT2D eigenvalue weighted by Gasteiger charge is -2.13. The molecule has 0 bridgehead atoms. The zero-order valence-corrected chi connectivity index (χ0v) is 15.0. The third kappa shape index (κ3) is 2.95. The van der Waals surface area contributed by atoms with E-state index in [0.717, 1.165) is 35.0 Å². The maximum Gasteiger partial charge on any atom is 0.263 e. The Kier molecular flexibility index (Phi) is 4.29. The van der Waals surface area contributed by atoms with Crippen LogP contribution in [0.25, 0.3) is 10.2 Å². The third-order valence-electron chi connectivity index (χ3n) is 4.73. The zero-order chi connectivity index (χ0) is 17.4. The predicted molar refractivity (Wildman–Crippen MR) is 99.9 cm³/mol. The highest BCUT2D eigenvalue weighted by Crippen LogP contribution is 2.34. The molecule has 0 aliphatic heterocycles. The number of thiophene rings is 1. The fourth-order valence-electron chi connectivity index (χ4n) is 3.49. The second-order valence-corrected chi connectivity index (χ2v) is 7.44. The van der Waals surface area contributed by atoms with E-state index in [1.54, 1.807) is 22.0 Å². The van der Waals surface area contributed by atoms with Gasteiger partial charge in [0.15, 0.2) is 0 Å². The second-order valence-electron chi connectivity index (χ2n) is 6.36. The quantitative estimate of drug-likeness (QED) is 0.764. The van der Waals surface area contributed by atoms with Crippen molar-refractivity contribution in [2.24, 2.45) is 0 Å². The molecule has 1 aliphatic carbocycles. The molecule has 0 spiro atoms. The lowest BCUT2D eigenvalue weighted by Crippen LogP contribution is -2.24. The molecule has 0 radical (unpaired) electrons. The van der Waals surface area contributed by atoms with Crippen LogP contribution in [0.4, 0.5) is 10.3 Å². The van der Waals surface area contributed by atoms with Crippen LogP contribution in [0.2, 0.25) is 0 Å². The number of anilines is 1. The molecule has 3 aromatic rings. The van der Waals surface area contributed by atoms with Crippen molar-refractivity contribution < 1.29 is 4.39 Å². The maximum atomic E-state index is 13.3. The van der Waals surface area contributed by atoms with Crippen LogP contribution < -0.4 is 10.9 Å². The van der Waals surface area contributed by atoms with Crippen molar-refractivity contribution in [1.82, 2.24) is 9.55 Å². The van der Waals surface area contributed by atoms with Gasteiger partial charge in [0, 0.05) is 18.0 Å². The number of benzene rings is 1. The monoisotopic (exact) mass is 357 g/mol. The molecular weight excluding hydrogens is 337 g/mol. The second kappa shape index (κ2) is 6.59. The Morgan fingerprint density at radius 2 is 2.16 bits per heavy atom. The minimum absolute atomic E-state index is 0.0358. The molecule has 1 aromatic carbocycles. The number of aryl methyl sites for hydroxylation is 2. The summed E-state index contributed by atoms with van der Waals surface area (Å²) in [5.41, 5.74) is 2.07. The van der Waals surface area contributed by atoms with Gasteiger partial charge in [0.05, 0.1) is 5.39 Å². The molecule has 1 aliphatic rings. The minimum Gasteiger partial charge on any atom is -0.351 e. The van der Waals surface area contributed by atoms with E-state index < -0.39 is 0 Å². The van der Waals surface area contributed by atoms with Crippen molar-refractivity contribution in [1.29, 1.82) is 0 Å². The molecule has 0 fully saturated rings. The van der Waals surface area contributed by atoms with E-state index in [2.05, 4.69) is 5.32 Å². The summed E-state index contributed by atoms with van der Waals surface area (Å²) in [4.78, 5) is 19.9. The van der Waals surface area contributed by atoms with Gasteiger partial charge in [0.2, 0.25) is 5.95 Å². The van der Waals surface area contributed by atoms with Crippen LogP contribution in [0, 0.1) is 5.82 Å². The first-order valence-electron chi connectivity index (χ1n) is 8.70. The van der Waals surface area contributed by atoms with Crippen LogP contribution in [0.5, 0.6) is 0 Å². The van der Waals surface area contributed by atoms with Crippen molar-refractivity contribution in [3.8, 4) is 0 Å². The van der Waals surface area contributed by atoms with Crippen molar-refractivity contribution in [3.05, 3.63) is 56.4 Å². The molecule has 2 aromatic heterocycles. The number of nitrogens with one attached hydrogen (secondary N) is 1. The van der Waals surface area contributed by atoms with Crippen molar-refractivity contribution in [3.63, 3.8) is 0 Å². The Bertz CT molecular complexity index is 992. The van der Waals surface area contributed by atoms with Crippen LogP contribution in [0.15, 0.2) is 29.1 Å². The lowest BCUT2D eigenvalue weighted by molar-refractivity contribution is 0.625. The molecule has 0 atom stereocenters. The van der Waals surface area contributed by atoms with Crippen LogP contribution in [-0.4, -0.2) is 9.55 Å². The molecule has 0 saturated heterocycles. The minimum atomic E-state index is -0.262. The average Bonchev–Trinajstić information content (AvgIpc) is 2.98. The summed E-state index contributed by atoms with van der Waals surface area (Å²) in [6, 6.07) is 6.45. The molecule has 4 rings (SSSR count). The molecule has 6 heteroatoms. The topological polar surface area (TPSA) is 46.9 Å². The van der Waals surface area contributed by atoms with E-state index in [9.17, 15) is 9.18 Å². The van der Waals surface area contributed by atoms with Gasteiger partial charge < -0.3 is 5.32 Å². The largest absolute Gasteiger partial charge is 0.351 e. The van der Waals surface area contributed by atoms with Gasteiger partial charge in [-0.05, 0) is 55.9 Å². The summed E-state index contributed by atoms with van der Waals surface area (Å²) < 4.78 is 15.0. The number of hydrogen-bond donors (Lipinski definition) is 1. The van der Waals surface area contributed by atoms with E-state index in [-0.39, 0.29) is 11.4 Å². The Morgan fingerprint density at radius 1 is 1.32 bits per heavy atom. The van der Waals surface area contributed by atoms with Crippen molar-refractivity contribution >= 4 is 27.5 Å². The first-order chi connectivity index (χ1) is 12.2. The van der Waals surface area contributed by atoms with E-state index in [4.69, 9.17) is 4.98 Å². The number of hydrogen-bond acceptors (Lipinski definition) is 4. The Hall–Kier alpha value is -2.21. The SMILES string of the molecule is CCn1c(NCc2cccc(F)c2)nc2sc3c(c2c1=O)CCCC3. The molecule has 130 valence electrons. The Morgan fingerprint density at radius 3 is 2.96 bits per heavy atom. The molecule has 0 saturated carbocycles. The van der Waals surface area contributed by atoms with Gasteiger partial charge in [0.1, 0.15) is 10.6 Å². The zero-order valence-electron chi connectivity index (χ0n) is 14.1. The lowest BCUT2D eigenvalue weighted by atomic mass is 9.97. The fraction of sp³-hybridized carbons (Fsp3) is 0.368. The number of halogens is 1. The highest BCUT2D eigenvalue weighted by molar-refractivity contribution is 7.18. The van der Waals surface area contributed by atoms with Gasteiger partial charge in [-0.1, -0.05) is 12.1 Å². The number of rotatable bonds is 4. The Labute approximate surface area is 149 Å². The van der Waals surface area contributed by atoms with E-state index >= 15 is 0 Å².